The molecule has 0 fully saturated rings. The van der Waals surface area contributed by atoms with Gasteiger partial charge in [-0.3, -0.25) is 4.79 Å². The maximum absolute atomic E-state index is 12.0. The van der Waals surface area contributed by atoms with Crippen molar-refractivity contribution in [3.63, 3.8) is 0 Å². The van der Waals surface area contributed by atoms with E-state index in [0.29, 0.717) is 12.1 Å². The molecular formula is C22H29ClN4OS. The van der Waals surface area contributed by atoms with E-state index in [0.717, 1.165) is 29.6 Å². The van der Waals surface area contributed by atoms with Gasteiger partial charge in [-0.05, 0) is 48.6 Å². The molecule has 0 bridgehead atoms. The predicted molar refractivity (Wildman–Crippen MR) is 125 cm³/mol. The number of thioether (sulfide) groups is 1. The lowest BCUT2D eigenvalue weighted by Gasteiger charge is -2.18. The molecule has 2 rings (SSSR count). The van der Waals surface area contributed by atoms with Gasteiger partial charge in [-0.2, -0.15) is 11.8 Å². The monoisotopic (exact) mass is 432 g/mol. The van der Waals surface area contributed by atoms with Crippen molar-refractivity contribution in [3.8, 4) is 0 Å². The van der Waals surface area contributed by atoms with E-state index in [2.05, 4.69) is 27.9 Å². The van der Waals surface area contributed by atoms with Crippen LogP contribution in [0, 0.1) is 0 Å². The van der Waals surface area contributed by atoms with Crippen LogP contribution in [0.4, 0.5) is 0 Å². The van der Waals surface area contributed by atoms with E-state index < -0.39 is 0 Å². The Morgan fingerprint density at radius 2 is 1.90 bits per heavy atom. The molecular weight excluding hydrogens is 404 g/mol. The van der Waals surface area contributed by atoms with Gasteiger partial charge < -0.3 is 15.5 Å². The normalized spacial score (nSPS) is 12.4. The average molecular weight is 433 g/mol. The number of nitrogens with one attached hydrogen (secondary N) is 2. The summed E-state index contributed by atoms with van der Waals surface area (Å²) in [6, 6.07) is 15.5. The second kappa shape index (κ2) is 11.7. The Bertz CT molecular complexity index is 824. The first-order valence-corrected chi connectivity index (χ1v) is 11.2. The van der Waals surface area contributed by atoms with Gasteiger partial charge in [0.25, 0.3) is 5.91 Å². The molecule has 29 heavy (non-hydrogen) atoms. The number of hydrogen-bond acceptors (Lipinski definition) is 3. The van der Waals surface area contributed by atoms with E-state index in [1.165, 1.54) is 5.56 Å². The highest BCUT2D eigenvalue weighted by Gasteiger charge is 2.11. The molecule has 156 valence electrons. The van der Waals surface area contributed by atoms with Crippen LogP contribution in [0.1, 0.15) is 33.7 Å². The van der Waals surface area contributed by atoms with Crippen molar-refractivity contribution < 1.29 is 4.79 Å². The van der Waals surface area contributed by atoms with Crippen molar-refractivity contribution in [1.82, 2.24) is 15.5 Å². The number of amides is 1. The molecule has 0 heterocycles. The predicted octanol–water partition coefficient (Wildman–Crippen LogP) is 4.20. The van der Waals surface area contributed by atoms with Crippen LogP contribution in [0.25, 0.3) is 0 Å². The van der Waals surface area contributed by atoms with Gasteiger partial charge in [0.1, 0.15) is 0 Å². The summed E-state index contributed by atoms with van der Waals surface area (Å²) < 4.78 is 0. The Balaban J connectivity index is 2.01. The zero-order valence-corrected chi connectivity index (χ0v) is 19.0. The summed E-state index contributed by atoms with van der Waals surface area (Å²) in [7, 11) is 3.50. The molecule has 0 aliphatic heterocycles. The zero-order valence-electron chi connectivity index (χ0n) is 17.4. The number of carbonyl (C=O) groups is 1. The SMILES string of the molecule is CCNC(=NCc1ccc(C(=O)N(C)C)cc1)NCC(SC)c1cccc(Cl)c1. The second-order valence-corrected chi connectivity index (χ2v) is 8.23. The third-order valence-corrected chi connectivity index (χ3v) is 5.57. The first-order chi connectivity index (χ1) is 13.9. The van der Waals surface area contributed by atoms with Gasteiger partial charge in [-0.25, -0.2) is 4.99 Å². The van der Waals surface area contributed by atoms with E-state index in [-0.39, 0.29) is 11.2 Å². The second-order valence-electron chi connectivity index (χ2n) is 6.75. The fraction of sp³-hybridized carbons (Fsp3) is 0.364. The number of carbonyl (C=O) groups excluding carboxylic acids is 1. The molecule has 5 nitrogen and oxygen atoms in total. The first-order valence-electron chi connectivity index (χ1n) is 9.55. The van der Waals surface area contributed by atoms with Crippen molar-refractivity contribution in [2.75, 3.05) is 33.4 Å². The summed E-state index contributed by atoms with van der Waals surface area (Å²) in [4.78, 5) is 18.2. The third kappa shape index (κ3) is 7.29. The maximum atomic E-state index is 12.0. The molecule has 0 saturated heterocycles. The van der Waals surface area contributed by atoms with Gasteiger partial charge in [0.05, 0.1) is 6.54 Å². The summed E-state index contributed by atoms with van der Waals surface area (Å²) in [5.41, 5.74) is 2.92. The minimum Gasteiger partial charge on any atom is -0.357 e. The smallest absolute Gasteiger partial charge is 0.253 e. The van der Waals surface area contributed by atoms with Crippen molar-refractivity contribution >= 4 is 35.2 Å². The highest BCUT2D eigenvalue weighted by molar-refractivity contribution is 7.98. The number of rotatable bonds is 8. The van der Waals surface area contributed by atoms with E-state index in [4.69, 9.17) is 11.6 Å². The number of hydrogen-bond donors (Lipinski definition) is 2. The number of aliphatic imine (C=N–C) groups is 1. The standard InChI is InChI=1S/C22H29ClN4OS/c1-5-24-22(26-15-20(29-4)18-7-6-8-19(23)13-18)25-14-16-9-11-17(12-10-16)21(28)27(2)3/h6-13,20H,5,14-15H2,1-4H3,(H2,24,25,26). The first kappa shape index (κ1) is 23.1. The topological polar surface area (TPSA) is 56.7 Å². The molecule has 1 amide bonds. The van der Waals surface area contributed by atoms with Crippen LogP contribution >= 0.6 is 23.4 Å². The Labute approximate surface area is 182 Å². The summed E-state index contributed by atoms with van der Waals surface area (Å²) in [5.74, 6) is 0.765. The van der Waals surface area contributed by atoms with E-state index >= 15 is 0 Å². The van der Waals surface area contributed by atoms with Crippen molar-refractivity contribution in [3.05, 3.63) is 70.2 Å². The minimum absolute atomic E-state index is 0.000760. The lowest BCUT2D eigenvalue weighted by molar-refractivity contribution is 0.0827. The lowest BCUT2D eigenvalue weighted by Crippen LogP contribution is -2.39. The fourth-order valence-corrected chi connectivity index (χ4v) is 3.62. The molecule has 0 aliphatic rings. The largest absolute Gasteiger partial charge is 0.357 e. The van der Waals surface area contributed by atoms with Gasteiger partial charge in [0.2, 0.25) is 0 Å². The highest BCUT2D eigenvalue weighted by atomic mass is 35.5. The van der Waals surface area contributed by atoms with Crippen LogP contribution in [0.15, 0.2) is 53.5 Å². The molecule has 1 atom stereocenters. The molecule has 0 saturated carbocycles. The fourth-order valence-electron chi connectivity index (χ4n) is 2.76. The summed E-state index contributed by atoms with van der Waals surface area (Å²) in [6.07, 6.45) is 2.09. The molecule has 1 unspecified atom stereocenters. The Morgan fingerprint density at radius 3 is 2.48 bits per heavy atom. The molecule has 0 radical (unpaired) electrons. The van der Waals surface area contributed by atoms with Crippen LogP contribution in [-0.2, 0) is 6.54 Å². The van der Waals surface area contributed by atoms with Crippen LogP contribution in [0.5, 0.6) is 0 Å². The molecule has 2 aromatic carbocycles. The van der Waals surface area contributed by atoms with Crippen LogP contribution in [0.3, 0.4) is 0 Å². The Hall–Kier alpha value is -2.18. The van der Waals surface area contributed by atoms with Crippen molar-refractivity contribution in [2.45, 2.75) is 18.7 Å². The molecule has 0 aromatic heterocycles. The van der Waals surface area contributed by atoms with Crippen LogP contribution in [0.2, 0.25) is 5.02 Å². The van der Waals surface area contributed by atoms with Gasteiger partial charge >= 0.3 is 0 Å². The average Bonchev–Trinajstić information content (AvgIpc) is 2.72. The minimum atomic E-state index is -0.000760. The molecule has 2 aromatic rings. The van der Waals surface area contributed by atoms with Crippen molar-refractivity contribution in [2.24, 2.45) is 4.99 Å². The summed E-state index contributed by atoms with van der Waals surface area (Å²) in [6.45, 7) is 4.10. The molecule has 7 heteroatoms. The van der Waals surface area contributed by atoms with Gasteiger partial charge in [0.15, 0.2) is 5.96 Å². The molecule has 2 N–H and O–H groups in total. The lowest BCUT2D eigenvalue weighted by atomic mass is 10.1. The van der Waals surface area contributed by atoms with Crippen LogP contribution in [-0.4, -0.2) is 50.2 Å². The quantitative estimate of drug-likeness (QED) is 0.484. The Kier molecular flexibility index (Phi) is 9.35. The third-order valence-electron chi connectivity index (χ3n) is 4.33. The maximum Gasteiger partial charge on any atom is 0.253 e. The van der Waals surface area contributed by atoms with Gasteiger partial charge in [0, 0.05) is 43.0 Å². The van der Waals surface area contributed by atoms with Gasteiger partial charge in [-0.1, -0.05) is 35.9 Å². The van der Waals surface area contributed by atoms with Gasteiger partial charge in [-0.15, -0.1) is 0 Å². The zero-order chi connectivity index (χ0) is 21.2. The van der Waals surface area contributed by atoms with Crippen molar-refractivity contribution in [1.29, 1.82) is 0 Å². The van der Waals surface area contributed by atoms with E-state index in [9.17, 15) is 4.79 Å². The number of nitrogens with zero attached hydrogens (tertiary/aromatic N) is 2. The summed E-state index contributed by atoms with van der Waals surface area (Å²) in [5, 5.41) is 7.72. The molecule has 0 aliphatic carbocycles. The number of guanidine groups is 1. The van der Waals surface area contributed by atoms with E-state index in [1.54, 1.807) is 30.8 Å². The van der Waals surface area contributed by atoms with Crippen LogP contribution < -0.4 is 10.6 Å². The summed E-state index contributed by atoms with van der Waals surface area (Å²) >= 11 is 7.91. The van der Waals surface area contributed by atoms with E-state index in [1.807, 2.05) is 49.4 Å². The highest BCUT2D eigenvalue weighted by Crippen LogP contribution is 2.27. The number of halogens is 1. The molecule has 0 spiro atoms. The number of benzene rings is 2. The Morgan fingerprint density at radius 1 is 1.17 bits per heavy atom.